The Labute approximate surface area is 194 Å². The summed E-state index contributed by atoms with van der Waals surface area (Å²) in [4.78, 5) is 26.3. The maximum absolute atomic E-state index is 12.4. The van der Waals surface area contributed by atoms with E-state index in [4.69, 9.17) is 9.47 Å². The third-order valence-corrected chi connectivity index (χ3v) is 5.89. The number of carbonyl (C=O) groups is 2. The summed E-state index contributed by atoms with van der Waals surface area (Å²) in [5, 5.41) is 9.49. The highest BCUT2D eigenvalue weighted by molar-refractivity contribution is 5.93. The summed E-state index contributed by atoms with van der Waals surface area (Å²) >= 11 is 0. The summed E-state index contributed by atoms with van der Waals surface area (Å²) in [6.45, 7) is 4.31. The van der Waals surface area contributed by atoms with Crippen molar-refractivity contribution in [3.63, 3.8) is 0 Å². The molecule has 0 amide bonds. The smallest absolute Gasteiger partial charge is 0.348 e. The van der Waals surface area contributed by atoms with Crippen LogP contribution in [-0.4, -0.2) is 32.7 Å². The van der Waals surface area contributed by atoms with Crippen molar-refractivity contribution in [3.8, 4) is 6.07 Å². The highest BCUT2D eigenvalue weighted by Gasteiger charge is 2.38. The van der Waals surface area contributed by atoms with Gasteiger partial charge in [-0.3, -0.25) is 0 Å². The largest absolute Gasteiger partial charge is 0.465 e. The molecule has 0 bridgehead atoms. The second-order valence-corrected chi connectivity index (χ2v) is 8.38. The SMILES string of the molecule is COC(=O)c1ccc2c(c1)C(C)(C)/C(=C\C=C(/C#N)C(=O)OCCCc1ccccc1)N2C. The number of aryl methyl sites for hydroxylation is 1. The van der Waals surface area contributed by atoms with E-state index in [0.29, 0.717) is 12.0 Å². The number of rotatable bonds is 7. The van der Waals surface area contributed by atoms with Crippen LogP contribution in [0.2, 0.25) is 0 Å². The third kappa shape index (κ3) is 5.15. The summed E-state index contributed by atoms with van der Waals surface area (Å²) in [5.41, 5.74) is 3.97. The quantitative estimate of drug-likeness (QED) is 0.266. The minimum atomic E-state index is -0.633. The van der Waals surface area contributed by atoms with Gasteiger partial charge in [-0.1, -0.05) is 44.2 Å². The maximum Gasteiger partial charge on any atom is 0.348 e. The molecule has 2 aromatic rings. The van der Waals surface area contributed by atoms with Gasteiger partial charge in [-0.15, -0.1) is 0 Å². The lowest BCUT2D eigenvalue weighted by atomic mass is 9.83. The molecule has 2 aromatic carbocycles. The Morgan fingerprint density at radius 2 is 1.88 bits per heavy atom. The van der Waals surface area contributed by atoms with E-state index in [1.54, 1.807) is 12.1 Å². The first-order valence-electron chi connectivity index (χ1n) is 10.8. The first-order valence-corrected chi connectivity index (χ1v) is 10.8. The molecule has 0 radical (unpaired) electrons. The minimum Gasteiger partial charge on any atom is -0.465 e. The number of hydrogen-bond donors (Lipinski definition) is 0. The molecule has 170 valence electrons. The number of fused-ring (bicyclic) bond motifs is 1. The molecule has 0 aliphatic carbocycles. The standard InChI is InChI=1S/C27H28N2O4/c1-27(2)22-17-20(25(30)32-4)12-14-23(22)29(3)24(27)15-13-21(18-28)26(31)33-16-8-11-19-9-6-5-7-10-19/h5-7,9-10,12-15,17H,8,11,16H2,1-4H3/b21-13+,24-15+. The lowest BCUT2D eigenvalue weighted by Gasteiger charge is -2.23. The molecule has 33 heavy (non-hydrogen) atoms. The number of hydrogen-bond acceptors (Lipinski definition) is 6. The number of ether oxygens (including phenoxy) is 2. The number of benzene rings is 2. The summed E-state index contributed by atoms with van der Waals surface area (Å²) in [6.07, 6.45) is 4.75. The van der Waals surface area contributed by atoms with Crippen LogP contribution in [0.1, 0.15) is 41.8 Å². The van der Waals surface area contributed by atoms with Crippen molar-refractivity contribution in [2.24, 2.45) is 0 Å². The van der Waals surface area contributed by atoms with E-state index in [1.165, 1.54) is 18.7 Å². The topological polar surface area (TPSA) is 79.6 Å². The fourth-order valence-corrected chi connectivity index (χ4v) is 4.06. The van der Waals surface area contributed by atoms with Crippen molar-refractivity contribution in [2.45, 2.75) is 32.1 Å². The van der Waals surface area contributed by atoms with Crippen LogP contribution in [0.15, 0.2) is 72.0 Å². The van der Waals surface area contributed by atoms with Gasteiger partial charge in [0.2, 0.25) is 0 Å². The zero-order chi connectivity index (χ0) is 24.0. The summed E-state index contributed by atoms with van der Waals surface area (Å²) in [7, 11) is 3.27. The van der Waals surface area contributed by atoms with Crippen molar-refractivity contribution in [3.05, 3.63) is 88.6 Å². The van der Waals surface area contributed by atoms with Gasteiger partial charge in [0, 0.05) is 23.8 Å². The highest BCUT2D eigenvalue weighted by Crippen LogP contribution is 2.47. The molecular formula is C27H28N2O4. The average Bonchev–Trinajstić information content (AvgIpc) is 3.02. The van der Waals surface area contributed by atoms with Crippen LogP contribution in [0.3, 0.4) is 0 Å². The first kappa shape index (κ1) is 23.8. The Hall–Kier alpha value is -3.85. The van der Waals surface area contributed by atoms with E-state index in [1.807, 2.05) is 74.3 Å². The third-order valence-electron chi connectivity index (χ3n) is 5.89. The molecule has 1 aliphatic heterocycles. The molecule has 1 heterocycles. The number of methoxy groups -OCH3 is 1. The predicted octanol–water partition coefficient (Wildman–Crippen LogP) is 4.71. The molecule has 1 aliphatic rings. The molecule has 0 N–H and O–H groups in total. The first-order chi connectivity index (χ1) is 15.8. The predicted molar refractivity (Wildman–Crippen MR) is 127 cm³/mol. The Morgan fingerprint density at radius 3 is 2.55 bits per heavy atom. The number of nitrogens with zero attached hydrogens (tertiary/aromatic N) is 2. The second-order valence-electron chi connectivity index (χ2n) is 8.38. The van der Waals surface area contributed by atoms with Gasteiger partial charge >= 0.3 is 11.9 Å². The molecule has 0 atom stereocenters. The summed E-state index contributed by atoms with van der Waals surface area (Å²) in [6, 6.07) is 17.3. The number of allylic oxidation sites excluding steroid dienone is 3. The van der Waals surface area contributed by atoms with Crippen molar-refractivity contribution < 1.29 is 19.1 Å². The molecule has 0 aromatic heterocycles. The maximum atomic E-state index is 12.4. The average molecular weight is 445 g/mol. The van der Waals surface area contributed by atoms with E-state index >= 15 is 0 Å². The molecule has 6 nitrogen and oxygen atoms in total. The van der Waals surface area contributed by atoms with E-state index in [-0.39, 0.29) is 12.2 Å². The van der Waals surface area contributed by atoms with E-state index in [0.717, 1.165) is 23.4 Å². The number of likely N-dealkylation sites (N-methyl/N-ethyl adjacent to an activating group) is 1. The van der Waals surface area contributed by atoms with Crippen molar-refractivity contribution >= 4 is 17.6 Å². The van der Waals surface area contributed by atoms with Gasteiger partial charge < -0.3 is 14.4 Å². The Kier molecular flexibility index (Phi) is 7.34. The van der Waals surface area contributed by atoms with E-state index < -0.39 is 17.4 Å². The van der Waals surface area contributed by atoms with Gasteiger partial charge in [-0.25, -0.2) is 9.59 Å². The van der Waals surface area contributed by atoms with Crippen LogP contribution >= 0.6 is 0 Å². The summed E-state index contributed by atoms with van der Waals surface area (Å²) in [5.74, 6) is -1.03. The molecular weight excluding hydrogens is 416 g/mol. The van der Waals surface area contributed by atoms with Gasteiger partial charge in [0.05, 0.1) is 19.3 Å². The second kappa shape index (κ2) is 10.2. The lowest BCUT2D eigenvalue weighted by Crippen LogP contribution is -2.22. The molecule has 3 rings (SSSR count). The van der Waals surface area contributed by atoms with Crippen molar-refractivity contribution in [2.75, 3.05) is 25.7 Å². The Morgan fingerprint density at radius 1 is 1.15 bits per heavy atom. The van der Waals surface area contributed by atoms with Gasteiger partial charge in [0.1, 0.15) is 11.6 Å². The molecule has 0 saturated carbocycles. The molecule has 6 heteroatoms. The van der Waals surface area contributed by atoms with Crippen molar-refractivity contribution in [1.82, 2.24) is 0 Å². The number of esters is 2. The van der Waals surface area contributed by atoms with Gasteiger partial charge in [0.15, 0.2) is 0 Å². The van der Waals surface area contributed by atoms with Gasteiger partial charge in [-0.2, -0.15) is 5.26 Å². The number of nitriles is 1. The monoisotopic (exact) mass is 444 g/mol. The van der Waals surface area contributed by atoms with E-state index in [9.17, 15) is 14.9 Å². The van der Waals surface area contributed by atoms with Gasteiger partial charge in [-0.05, 0) is 54.3 Å². The zero-order valence-corrected chi connectivity index (χ0v) is 19.4. The van der Waals surface area contributed by atoms with Crippen molar-refractivity contribution in [1.29, 1.82) is 5.26 Å². The zero-order valence-electron chi connectivity index (χ0n) is 19.4. The van der Waals surface area contributed by atoms with Crippen LogP contribution < -0.4 is 4.90 Å². The fraction of sp³-hybridized carbons (Fsp3) is 0.296. The molecule has 0 saturated heterocycles. The Bertz CT molecular complexity index is 1140. The highest BCUT2D eigenvalue weighted by atomic mass is 16.5. The van der Waals surface area contributed by atoms with Crippen LogP contribution in [-0.2, 0) is 26.1 Å². The number of carbonyl (C=O) groups excluding carboxylic acids is 2. The number of anilines is 1. The molecule has 0 fully saturated rings. The van der Waals surface area contributed by atoms with Crippen LogP contribution in [0.25, 0.3) is 0 Å². The van der Waals surface area contributed by atoms with E-state index in [2.05, 4.69) is 0 Å². The van der Waals surface area contributed by atoms with Gasteiger partial charge in [0.25, 0.3) is 0 Å². The fourth-order valence-electron chi connectivity index (χ4n) is 4.06. The summed E-state index contributed by atoms with van der Waals surface area (Å²) < 4.78 is 10.1. The lowest BCUT2D eigenvalue weighted by molar-refractivity contribution is -0.138. The Balaban J connectivity index is 1.72. The molecule has 0 spiro atoms. The molecule has 0 unspecified atom stereocenters. The van der Waals surface area contributed by atoms with Crippen LogP contribution in [0.4, 0.5) is 5.69 Å². The van der Waals surface area contributed by atoms with Crippen LogP contribution in [0, 0.1) is 11.3 Å². The van der Waals surface area contributed by atoms with Crippen LogP contribution in [0.5, 0.6) is 0 Å². The minimum absolute atomic E-state index is 0.0578. The normalized spacial score (nSPS) is 15.7.